The zero-order valence-corrected chi connectivity index (χ0v) is 21.1. The van der Waals surface area contributed by atoms with E-state index in [1.54, 1.807) is 28.4 Å². The molecule has 0 spiro atoms. The Labute approximate surface area is 206 Å². The van der Waals surface area contributed by atoms with Crippen molar-refractivity contribution in [3.8, 4) is 23.0 Å². The van der Waals surface area contributed by atoms with Crippen LogP contribution < -0.4 is 18.9 Å². The van der Waals surface area contributed by atoms with Crippen LogP contribution in [0.15, 0.2) is 36.4 Å². The number of para-hydroxylation sites is 1. The highest BCUT2D eigenvalue weighted by Crippen LogP contribution is 2.39. The molecule has 188 valence electrons. The molecule has 1 fully saturated rings. The van der Waals surface area contributed by atoms with Crippen molar-refractivity contribution in [1.82, 2.24) is 30.0 Å². The number of benzene rings is 2. The number of hydrogen-bond donors (Lipinski definition) is 0. The van der Waals surface area contributed by atoms with Gasteiger partial charge in [-0.15, -0.1) is 5.10 Å². The van der Waals surface area contributed by atoms with Crippen molar-refractivity contribution in [3.05, 3.63) is 53.3 Å². The first-order chi connectivity index (χ1) is 17.1. The lowest BCUT2D eigenvalue weighted by atomic mass is 10.0. The van der Waals surface area contributed by atoms with E-state index in [9.17, 15) is 0 Å². The fourth-order valence-corrected chi connectivity index (χ4v) is 4.54. The number of ether oxygens (including phenoxy) is 4. The number of tetrazole rings is 1. The van der Waals surface area contributed by atoms with Crippen LogP contribution in [0.2, 0.25) is 0 Å². The number of likely N-dealkylation sites (N-methyl/N-ethyl adjacent to an activating group) is 1. The molecule has 0 N–H and O–H groups in total. The smallest absolute Gasteiger partial charge is 0.173 e. The molecule has 0 saturated carbocycles. The van der Waals surface area contributed by atoms with Crippen molar-refractivity contribution in [1.29, 1.82) is 0 Å². The van der Waals surface area contributed by atoms with Gasteiger partial charge >= 0.3 is 0 Å². The van der Waals surface area contributed by atoms with Crippen LogP contribution in [-0.4, -0.2) is 91.7 Å². The van der Waals surface area contributed by atoms with Crippen molar-refractivity contribution in [2.75, 3.05) is 61.7 Å². The highest BCUT2D eigenvalue weighted by molar-refractivity contribution is 5.49. The molecule has 1 saturated heterocycles. The Balaban J connectivity index is 1.67. The van der Waals surface area contributed by atoms with Crippen LogP contribution >= 0.6 is 0 Å². The fraction of sp³-hybridized carbons (Fsp3) is 0.480. The average molecular weight is 483 g/mol. The van der Waals surface area contributed by atoms with Crippen LogP contribution in [0.4, 0.5) is 0 Å². The SMILES string of the molecule is COc1ccc(CCn2nnnc2C(c2cccc(OC)c2OC)N2CCN(C)CC2)cc1OC. The van der Waals surface area contributed by atoms with Gasteiger partial charge in [-0.1, -0.05) is 18.2 Å². The van der Waals surface area contributed by atoms with Gasteiger partial charge in [0.05, 0.1) is 28.4 Å². The molecule has 0 aliphatic carbocycles. The van der Waals surface area contributed by atoms with E-state index in [1.807, 2.05) is 35.0 Å². The monoisotopic (exact) mass is 482 g/mol. The van der Waals surface area contributed by atoms with Gasteiger partial charge in [-0.05, 0) is 47.7 Å². The van der Waals surface area contributed by atoms with Gasteiger partial charge in [0.1, 0.15) is 6.04 Å². The molecule has 1 atom stereocenters. The van der Waals surface area contributed by atoms with Crippen LogP contribution in [-0.2, 0) is 13.0 Å². The third-order valence-electron chi connectivity index (χ3n) is 6.50. The Morgan fingerprint density at radius 3 is 2.29 bits per heavy atom. The van der Waals surface area contributed by atoms with E-state index in [2.05, 4.69) is 38.4 Å². The minimum Gasteiger partial charge on any atom is -0.493 e. The van der Waals surface area contributed by atoms with Crippen LogP contribution in [0, 0.1) is 0 Å². The lowest BCUT2D eigenvalue weighted by molar-refractivity contribution is 0.120. The summed E-state index contributed by atoms with van der Waals surface area (Å²) in [6, 6.07) is 11.7. The highest BCUT2D eigenvalue weighted by Gasteiger charge is 2.33. The molecule has 1 aliphatic heterocycles. The van der Waals surface area contributed by atoms with E-state index in [0.29, 0.717) is 29.5 Å². The topological polar surface area (TPSA) is 87.0 Å². The van der Waals surface area contributed by atoms with Gasteiger partial charge in [0.2, 0.25) is 0 Å². The number of aromatic nitrogens is 4. The summed E-state index contributed by atoms with van der Waals surface area (Å²) in [5.41, 5.74) is 2.10. The predicted octanol–water partition coefficient (Wildman–Crippen LogP) is 2.29. The molecule has 0 amide bonds. The number of rotatable bonds is 10. The summed E-state index contributed by atoms with van der Waals surface area (Å²) < 4.78 is 24.1. The summed E-state index contributed by atoms with van der Waals surface area (Å²) in [6.07, 6.45) is 0.739. The molecule has 1 aliphatic rings. The summed E-state index contributed by atoms with van der Waals surface area (Å²) in [6.45, 7) is 4.34. The lowest BCUT2D eigenvalue weighted by Gasteiger charge is -2.38. The normalized spacial score (nSPS) is 15.6. The van der Waals surface area contributed by atoms with Crippen LogP contribution in [0.5, 0.6) is 23.0 Å². The molecule has 2 heterocycles. The van der Waals surface area contributed by atoms with Gasteiger partial charge in [0, 0.05) is 38.3 Å². The van der Waals surface area contributed by atoms with E-state index in [0.717, 1.165) is 49.6 Å². The van der Waals surface area contributed by atoms with Gasteiger partial charge in [-0.3, -0.25) is 4.90 Å². The summed E-state index contributed by atoms with van der Waals surface area (Å²) in [5.74, 6) is 3.58. The molecule has 2 aromatic carbocycles. The molecule has 0 radical (unpaired) electrons. The summed E-state index contributed by atoms with van der Waals surface area (Å²) in [7, 11) is 8.74. The van der Waals surface area contributed by atoms with E-state index >= 15 is 0 Å². The third-order valence-corrected chi connectivity index (χ3v) is 6.50. The molecule has 35 heavy (non-hydrogen) atoms. The second-order valence-electron chi connectivity index (χ2n) is 8.52. The van der Waals surface area contributed by atoms with Crippen LogP contribution in [0.1, 0.15) is 23.0 Å². The molecule has 4 rings (SSSR count). The second kappa shape index (κ2) is 11.4. The van der Waals surface area contributed by atoms with Crippen molar-refractivity contribution in [2.45, 2.75) is 19.0 Å². The first kappa shape index (κ1) is 24.7. The second-order valence-corrected chi connectivity index (χ2v) is 8.52. The van der Waals surface area contributed by atoms with Crippen molar-refractivity contribution >= 4 is 0 Å². The Morgan fingerprint density at radius 1 is 0.857 bits per heavy atom. The summed E-state index contributed by atoms with van der Waals surface area (Å²) >= 11 is 0. The van der Waals surface area contributed by atoms with Crippen molar-refractivity contribution in [2.24, 2.45) is 0 Å². The minimum absolute atomic E-state index is 0.172. The maximum atomic E-state index is 5.81. The summed E-state index contributed by atoms with van der Waals surface area (Å²) in [4.78, 5) is 4.74. The van der Waals surface area contributed by atoms with Gasteiger partial charge in [-0.25, -0.2) is 4.68 Å². The van der Waals surface area contributed by atoms with Gasteiger partial charge in [0.15, 0.2) is 28.8 Å². The molecule has 3 aromatic rings. The number of hydrogen-bond acceptors (Lipinski definition) is 9. The molecular formula is C25H34N6O4. The number of aryl methyl sites for hydroxylation is 2. The van der Waals surface area contributed by atoms with E-state index < -0.39 is 0 Å². The predicted molar refractivity (Wildman–Crippen MR) is 132 cm³/mol. The third kappa shape index (κ3) is 5.33. The maximum Gasteiger partial charge on any atom is 0.173 e. The van der Waals surface area contributed by atoms with Crippen LogP contribution in [0.3, 0.4) is 0 Å². The Kier molecular flexibility index (Phi) is 8.04. The molecular weight excluding hydrogens is 448 g/mol. The zero-order chi connectivity index (χ0) is 24.8. The Hall–Kier alpha value is -3.37. The molecule has 1 aromatic heterocycles. The number of methoxy groups -OCH3 is 4. The standard InChI is InChI=1S/C25H34N6O4/c1-29-13-15-30(16-14-29)23(19-7-6-8-21(33-3)24(19)35-5)25-26-27-28-31(25)12-11-18-9-10-20(32-2)22(17-18)34-4/h6-10,17,23H,11-16H2,1-5H3. The Bertz CT molecular complexity index is 1110. The van der Waals surface area contributed by atoms with Gasteiger partial charge in [0.25, 0.3) is 0 Å². The highest BCUT2D eigenvalue weighted by atomic mass is 16.5. The van der Waals surface area contributed by atoms with Crippen molar-refractivity contribution < 1.29 is 18.9 Å². The number of nitrogens with zero attached hydrogens (tertiary/aromatic N) is 6. The van der Waals surface area contributed by atoms with E-state index in [4.69, 9.17) is 18.9 Å². The van der Waals surface area contributed by atoms with Gasteiger partial charge < -0.3 is 23.8 Å². The molecule has 1 unspecified atom stereocenters. The molecule has 0 bridgehead atoms. The summed E-state index contributed by atoms with van der Waals surface area (Å²) in [5, 5.41) is 12.9. The van der Waals surface area contributed by atoms with Gasteiger partial charge in [-0.2, -0.15) is 0 Å². The molecule has 10 nitrogen and oxygen atoms in total. The van der Waals surface area contributed by atoms with Crippen molar-refractivity contribution in [3.63, 3.8) is 0 Å². The lowest BCUT2D eigenvalue weighted by Crippen LogP contribution is -2.46. The average Bonchev–Trinajstić information content (AvgIpc) is 3.36. The first-order valence-corrected chi connectivity index (χ1v) is 11.7. The first-order valence-electron chi connectivity index (χ1n) is 11.7. The largest absolute Gasteiger partial charge is 0.493 e. The number of piperazine rings is 1. The van der Waals surface area contributed by atoms with E-state index in [1.165, 1.54) is 0 Å². The Morgan fingerprint density at radius 2 is 1.60 bits per heavy atom. The molecule has 10 heteroatoms. The zero-order valence-electron chi connectivity index (χ0n) is 21.1. The fourth-order valence-electron chi connectivity index (χ4n) is 4.54. The maximum absolute atomic E-state index is 5.81. The van der Waals surface area contributed by atoms with E-state index in [-0.39, 0.29) is 6.04 Å². The minimum atomic E-state index is -0.172. The quantitative estimate of drug-likeness (QED) is 0.432. The van der Waals surface area contributed by atoms with Crippen LogP contribution in [0.25, 0.3) is 0 Å².